The van der Waals surface area contributed by atoms with Gasteiger partial charge in [-0.3, -0.25) is 18.1 Å². The number of phosphoric acid groups is 2. The first-order chi connectivity index (χ1) is 33.0. The summed E-state index contributed by atoms with van der Waals surface area (Å²) in [5.41, 5.74) is 0.365. The molecular formula is C56H102O10P2. The summed E-state index contributed by atoms with van der Waals surface area (Å²) in [4.78, 5) is 19.5. The Hall–Kier alpha value is -0.900. The van der Waals surface area contributed by atoms with Gasteiger partial charge in [-0.05, 0) is 146 Å². The van der Waals surface area contributed by atoms with Gasteiger partial charge in [0.15, 0.2) is 5.79 Å². The van der Waals surface area contributed by atoms with Crippen LogP contribution in [0.25, 0.3) is 0 Å². The van der Waals surface area contributed by atoms with Gasteiger partial charge >= 0.3 is 15.6 Å². The van der Waals surface area contributed by atoms with Gasteiger partial charge in [0.05, 0.1) is 25.4 Å². The molecule has 0 radical (unpaired) electrons. The zero-order valence-corrected chi connectivity index (χ0v) is 45.6. The Balaban J connectivity index is 1.49. The van der Waals surface area contributed by atoms with E-state index in [-0.39, 0.29) is 25.4 Å². The fraction of sp³-hybridized carbons (Fsp3) is 0.857. The predicted octanol–water partition coefficient (Wildman–Crippen LogP) is 17.5. The molecule has 0 aromatic carbocycles. The molecule has 2 N–H and O–H groups in total. The summed E-state index contributed by atoms with van der Waals surface area (Å²) in [5.74, 6) is 0.0865. The number of phosphoric ester groups is 2. The standard InChI is InChI=1S/C56H102O10P2/c1-5-7-9-11-13-15-17-19-21-23-25-27-29-31-33-35-41-55(42-36-34-32-30-28-26-24-22-20-18-16-14-12-10-8-6-2)43-45-56(46-44-55)65-53-49-51(39-37-47-63-67(57,58)61-3)52(50-54(53)66-56)40-38-48-64-68(59,60)62-4/h13-16,19-22,51-54H,5-12,17-18,23-50H2,1-4H3,(H,57,58)(H,59,60)/b15-13-,16-14-,21-19-,22-20-/t51-,52+,53-,54-/m0/s1. The molecule has 3 aliphatic rings. The number of ether oxygens (including phenoxy) is 2. The highest BCUT2D eigenvalue weighted by atomic mass is 31.2. The van der Waals surface area contributed by atoms with Crippen LogP contribution in [0.4, 0.5) is 0 Å². The fourth-order valence-electron chi connectivity index (χ4n) is 11.0. The molecule has 396 valence electrons. The van der Waals surface area contributed by atoms with E-state index in [0.29, 0.717) is 30.1 Å². The maximum absolute atomic E-state index is 11.9. The van der Waals surface area contributed by atoms with Gasteiger partial charge in [-0.2, -0.15) is 0 Å². The molecule has 68 heavy (non-hydrogen) atoms. The molecule has 12 heteroatoms. The number of unbranched alkanes of at least 4 members (excludes halogenated alkanes) is 18. The van der Waals surface area contributed by atoms with Crippen LogP contribution in [0.15, 0.2) is 48.6 Å². The lowest BCUT2D eigenvalue weighted by atomic mass is 9.66. The molecule has 0 aromatic heterocycles. The summed E-state index contributed by atoms with van der Waals surface area (Å²) in [6.07, 6.45) is 61.0. The maximum atomic E-state index is 11.9. The van der Waals surface area contributed by atoms with Gasteiger partial charge in [-0.25, -0.2) is 9.13 Å². The maximum Gasteiger partial charge on any atom is 0.471 e. The van der Waals surface area contributed by atoms with E-state index < -0.39 is 21.4 Å². The van der Waals surface area contributed by atoms with Crippen molar-refractivity contribution in [1.29, 1.82) is 0 Å². The molecule has 3 rings (SSSR count). The van der Waals surface area contributed by atoms with Crippen molar-refractivity contribution in [2.24, 2.45) is 17.3 Å². The van der Waals surface area contributed by atoms with E-state index in [9.17, 15) is 18.9 Å². The third-order valence-electron chi connectivity index (χ3n) is 15.2. The third-order valence-corrected chi connectivity index (χ3v) is 17.1. The quantitative estimate of drug-likeness (QED) is 0.0346. The van der Waals surface area contributed by atoms with Crippen LogP contribution in [0.1, 0.15) is 245 Å². The van der Waals surface area contributed by atoms with Gasteiger partial charge in [0, 0.05) is 27.1 Å². The molecule has 1 spiro atoms. The molecule has 10 nitrogen and oxygen atoms in total. The number of rotatable bonds is 42. The topological polar surface area (TPSA) is 130 Å². The molecule has 1 heterocycles. The third kappa shape index (κ3) is 27.2. The number of allylic oxidation sites excluding steroid dienone is 8. The smallest absolute Gasteiger partial charge is 0.344 e. The fourth-order valence-corrected chi connectivity index (χ4v) is 11.9. The summed E-state index contributed by atoms with van der Waals surface area (Å²) < 4.78 is 57.4. The molecular weight excluding hydrogens is 895 g/mol. The molecule has 3 fully saturated rings. The Morgan fingerprint density at radius 3 is 1.21 bits per heavy atom. The van der Waals surface area contributed by atoms with Crippen LogP contribution in [0.3, 0.4) is 0 Å². The predicted molar refractivity (Wildman–Crippen MR) is 282 cm³/mol. The van der Waals surface area contributed by atoms with Crippen molar-refractivity contribution in [2.75, 3.05) is 27.4 Å². The lowest BCUT2D eigenvalue weighted by Gasteiger charge is -2.44. The van der Waals surface area contributed by atoms with E-state index in [1.54, 1.807) is 0 Å². The molecule has 0 bridgehead atoms. The second kappa shape index (κ2) is 36.9. The van der Waals surface area contributed by atoms with Crippen LogP contribution >= 0.6 is 15.6 Å². The first kappa shape index (κ1) is 61.4. The summed E-state index contributed by atoms with van der Waals surface area (Å²) in [6.45, 7) is 4.79. The average molecular weight is 997 g/mol. The van der Waals surface area contributed by atoms with Gasteiger partial charge < -0.3 is 19.3 Å². The molecule has 0 aromatic rings. The van der Waals surface area contributed by atoms with Crippen LogP contribution in [0.2, 0.25) is 0 Å². The van der Waals surface area contributed by atoms with Crippen molar-refractivity contribution in [1.82, 2.24) is 0 Å². The first-order valence-corrected chi connectivity index (χ1v) is 31.0. The van der Waals surface area contributed by atoms with Gasteiger partial charge in [-0.15, -0.1) is 0 Å². The summed E-state index contributed by atoms with van der Waals surface area (Å²) in [6, 6.07) is 0. The normalized spacial score (nSPS) is 23.4. The van der Waals surface area contributed by atoms with E-state index in [0.717, 1.165) is 64.2 Å². The van der Waals surface area contributed by atoms with Gasteiger partial charge in [0.1, 0.15) is 0 Å². The number of hydrogen-bond acceptors (Lipinski definition) is 8. The van der Waals surface area contributed by atoms with Crippen molar-refractivity contribution in [2.45, 2.75) is 263 Å². The number of hydrogen-bond donors (Lipinski definition) is 2. The van der Waals surface area contributed by atoms with E-state index >= 15 is 0 Å². The molecule has 2 saturated carbocycles. The average Bonchev–Trinajstić information content (AvgIpc) is 3.68. The molecule has 2 unspecified atom stereocenters. The lowest BCUT2D eigenvalue weighted by molar-refractivity contribution is -0.208. The Morgan fingerprint density at radius 1 is 0.485 bits per heavy atom. The van der Waals surface area contributed by atoms with Crippen LogP contribution in [0, 0.1) is 17.3 Å². The van der Waals surface area contributed by atoms with Gasteiger partial charge in [0.25, 0.3) is 0 Å². The van der Waals surface area contributed by atoms with Crippen molar-refractivity contribution in [3.05, 3.63) is 48.6 Å². The highest BCUT2D eigenvalue weighted by molar-refractivity contribution is 7.47. The van der Waals surface area contributed by atoms with Crippen molar-refractivity contribution in [3.63, 3.8) is 0 Å². The minimum absolute atomic E-state index is 0.0234. The lowest BCUT2D eigenvalue weighted by Crippen LogP contribution is -2.40. The van der Waals surface area contributed by atoms with E-state index in [1.165, 1.54) is 168 Å². The Labute approximate surface area is 416 Å². The van der Waals surface area contributed by atoms with Crippen LogP contribution in [0.5, 0.6) is 0 Å². The molecule has 6 atom stereocenters. The van der Waals surface area contributed by atoms with Crippen LogP contribution in [-0.2, 0) is 36.7 Å². The highest BCUT2D eigenvalue weighted by Crippen LogP contribution is 2.55. The molecule has 1 saturated heterocycles. The SMILES string of the molecule is CCCCC/C=C\C/C=C\CCCCCCCCC1(CCCCCCCC/C=C\C/C=C\CCCCC)CCC2(CC1)O[C@H]1C[C@@H](CCCOP(=O)(O)OC)[C@@H](CCCOP(=O)(O)OC)C[C@@H]1O2. The molecule has 2 aliphatic carbocycles. The van der Waals surface area contributed by atoms with Crippen molar-refractivity contribution >= 4 is 15.6 Å². The van der Waals surface area contributed by atoms with Gasteiger partial charge in [-0.1, -0.05) is 152 Å². The summed E-state index contributed by atoms with van der Waals surface area (Å²) >= 11 is 0. The largest absolute Gasteiger partial charge is 0.471 e. The minimum atomic E-state index is -4.03. The Morgan fingerprint density at radius 2 is 0.838 bits per heavy atom. The first-order valence-electron chi connectivity index (χ1n) is 28.0. The van der Waals surface area contributed by atoms with E-state index in [1.807, 2.05) is 0 Å². The Bertz CT molecular complexity index is 1370. The van der Waals surface area contributed by atoms with Crippen molar-refractivity contribution < 1.29 is 46.5 Å². The zero-order chi connectivity index (χ0) is 49.1. The van der Waals surface area contributed by atoms with Crippen LogP contribution in [-0.4, -0.2) is 55.2 Å². The highest BCUT2D eigenvalue weighted by Gasteiger charge is 2.54. The number of fused-ring (bicyclic) bond motifs is 1. The van der Waals surface area contributed by atoms with Crippen LogP contribution < -0.4 is 0 Å². The Kier molecular flexibility index (Phi) is 33.3. The summed E-state index contributed by atoms with van der Waals surface area (Å²) in [7, 11) is -5.71. The van der Waals surface area contributed by atoms with E-state index in [2.05, 4.69) is 71.5 Å². The summed E-state index contributed by atoms with van der Waals surface area (Å²) in [5, 5.41) is 0. The van der Waals surface area contributed by atoms with E-state index in [4.69, 9.17) is 18.5 Å². The zero-order valence-electron chi connectivity index (χ0n) is 43.9. The molecule has 0 amide bonds. The minimum Gasteiger partial charge on any atom is -0.344 e. The second-order valence-corrected chi connectivity index (χ2v) is 23.8. The van der Waals surface area contributed by atoms with Gasteiger partial charge in [0.2, 0.25) is 0 Å². The monoisotopic (exact) mass is 997 g/mol. The van der Waals surface area contributed by atoms with Crippen molar-refractivity contribution in [3.8, 4) is 0 Å². The molecule has 1 aliphatic heterocycles. The second-order valence-electron chi connectivity index (χ2n) is 20.6.